The number of hydrogen-bond acceptors (Lipinski definition) is 4. The summed E-state index contributed by atoms with van der Waals surface area (Å²) in [5.41, 5.74) is 1.13. The zero-order valence-corrected chi connectivity index (χ0v) is 15.4. The Labute approximate surface area is 148 Å². The van der Waals surface area contributed by atoms with Crippen molar-refractivity contribution in [2.45, 2.75) is 38.0 Å². The number of unbranched alkanes of at least 4 members (excludes halogenated alkanes) is 2. The number of halogens is 1. The van der Waals surface area contributed by atoms with Gasteiger partial charge in [0.1, 0.15) is 5.82 Å². The van der Waals surface area contributed by atoms with Crippen molar-refractivity contribution < 1.29 is 8.42 Å². The van der Waals surface area contributed by atoms with Crippen LogP contribution in [-0.4, -0.2) is 19.9 Å². The molecule has 0 amide bonds. The van der Waals surface area contributed by atoms with E-state index in [1.807, 2.05) is 0 Å². The molecule has 0 aliphatic carbocycles. The summed E-state index contributed by atoms with van der Waals surface area (Å²) in [6, 6.07) is 8.05. The van der Waals surface area contributed by atoms with E-state index in [2.05, 4.69) is 21.9 Å². The van der Waals surface area contributed by atoms with Gasteiger partial charge in [0.2, 0.25) is 0 Å². The zero-order chi connectivity index (χ0) is 17.6. The van der Waals surface area contributed by atoms with Crippen molar-refractivity contribution in [1.82, 2.24) is 4.98 Å². The Morgan fingerprint density at radius 2 is 1.96 bits per heavy atom. The van der Waals surface area contributed by atoms with Gasteiger partial charge in [-0.1, -0.05) is 31.4 Å². The number of rotatable bonds is 8. The molecule has 7 heteroatoms. The number of sulfonamides is 1. The van der Waals surface area contributed by atoms with Crippen LogP contribution in [0.1, 0.15) is 31.7 Å². The molecule has 0 saturated carbocycles. The summed E-state index contributed by atoms with van der Waals surface area (Å²) < 4.78 is 27.3. The molecule has 24 heavy (non-hydrogen) atoms. The second kappa shape index (κ2) is 8.35. The highest BCUT2D eigenvalue weighted by Gasteiger charge is 2.15. The van der Waals surface area contributed by atoms with Crippen LogP contribution in [0.15, 0.2) is 41.4 Å². The molecule has 5 nitrogen and oxygen atoms in total. The lowest BCUT2D eigenvalue weighted by Gasteiger charge is -2.10. The van der Waals surface area contributed by atoms with Crippen molar-refractivity contribution in [3.8, 4) is 0 Å². The van der Waals surface area contributed by atoms with Gasteiger partial charge in [-0.25, -0.2) is 13.4 Å². The van der Waals surface area contributed by atoms with Crippen molar-refractivity contribution in [1.29, 1.82) is 0 Å². The quantitative estimate of drug-likeness (QED) is 0.676. The molecule has 0 unspecified atom stereocenters. The van der Waals surface area contributed by atoms with E-state index in [-0.39, 0.29) is 4.90 Å². The van der Waals surface area contributed by atoms with Crippen LogP contribution in [-0.2, 0) is 10.0 Å². The number of nitrogens with zero attached hydrogens (tertiary/aromatic N) is 1. The van der Waals surface area contributed by atoms with Gasteiger partial charge in [-0.05, 0) is 49.2 Å². The van der Waals surface area contributed by atoms with Crippen LogP contribution in [0.4, 0.5) is 11.5 Å². The van der Waals surface area contributed by atoms with Crippen molar-refractivity contribution >= 4 is 33.1 Å². The van der Waals surface area contributed by atoms with Gasteiger partial charge < -0.3 is 5.32 Å². The molecule has 1 aromatic heterocycles. The monoisotopic (exact) mass is 367 g/mol. The van der Waals surface area contributed by atoms with E-state index in [4.69, 9.17) is 11.6 Å². The zero-order valence-electron chi connectivity index (χ0n) is 13.8. The van der Waals surface area contributed by atoms with Crippen molar-refractivity contribution in [2.75, 3.05) is 16.6 Å². The second-order valence-corrected chi connectivity index (χ2v) is 7.67. The number of pyridine rings is 1. The Morgan fingerprint density at radius 1 is 1.17 bits per heavy atom. The van der Waals surface area contributed by atoms with Gasteiger partial charge in [0.15, 0.2) is 0 Å². The average molecular weight is 368 g/mol. The Bertz CT molecular complexity index is 777. The summed E-state index contributed by atoms with van der Waals surface area (Å²) in [6.45, 7) is 4.78. The Kier molecular flexibility index (Phi) is 6.45. The van der Waals surface area contributed by atoms with Crippen LogP contribution in [0.2, 0.25) is 5.02 Å². The number of hydrogen-bond donors (Lipinski definition) is 2. The summed E-state index contributed by atoms with van der Waals surface area (Å²) in [5.74, 6) is 0.733. The third-order valence-corrected chi connectivity index (χ3v) is 5.34. The lowest BCUT2D eigenvalue weighted by molar-refractivity contribution is 0.601. The predicted octanol–water partition coefficient (Wildman–Crippen LogP) is 4.45. The van der Waals surface area contributed by atoms with Crippen molar-refractivity contribution in [2.24, 2.45) is 0 Å². The fourth-order valence-corrected chi connectivity index (χ4v) is 3.39. The molecule has 0 aliphatic rings. The van der Waals surface area contributed by atoms with Gasteiger partial charge in [0, 0.05) is 11.6 Å². The van der Waals surface area contributed by atoms with Gasteiger partial charge in [-0.15, -0.1) is 0 Å². The van der Waals surface area contributed by atoms with Gasteiger partial charge in [0.05, 0.1) is 16.8 Å². The van der Waals surface area contributed by atoms with Gasteiger partial charge >= 0.3 is 0 Å². The Balaban J connectivity index is 2.03. The molecule has 2 aromatic rings. The number of aryl methyl sites for hydroxylation is 1. The highest BCUT2D eigenvalue weighted by Crippen LogP contribution is 2.21. The molecule has 0 spiro atoms. The van der Waals surface area contributed by atoms with Crippen LogP contribution in [0.5, 0.6) is 0 Å². The van der Waals surface area contributed by atoms with E-state index < -0.39 is 10.0 Å². The summed E-state index contributed by atoms with van der Waals surface area (Å²) >= 11 is 5.94. The molecule has 0 saturated heterocycles. The maximum absolute atomic E-state index is 12.4. The standard InChI is InChI=1S/C17H22ClN3O2S/c1-3-4-5-10-19-17-9-6-14(12-20-17)21-24(22,23)15-7-8-16(18)13(2)11-15/h6-9,11-12,21H,3-5,10H2,1-2H3,(H,19,20). The van der Waals surface area contributed by atoms with Crippen molar-refractivity contribution in [3.05, 3.63) is 47.1 Å². The van der Waals surface area contributed by atoms with E-state index in [1.54, 1.807) is 31.2 Å². The molecule has 130 valence electrons. The first-order chi connectivity index (χ1) is 11.4. The number of benzene rings is 1. The minimum absolute atomic E-state index is 0.172. The Hall–Kier alpha value is -1.79. The third-order valence-electron chi connectivity index (χ3n) is 3.54. The van der Waals surface area contributed by atoms with Crippen molar-refractivity contribution in [3.63, 3.8) is 0 Å². The van der Waals surface area contributed by atoms with E-state index in [1.165, 1.54) is 25.1 Å². The van der Waals surface area contributed by atoms with E-state index in [0.717, 1.165) is 18.8 Å². The number of nitrogens with one attached hydrogen (secondary N) is 2. The highest BCUT2D eigenvalue weighted by atomic mass is 35.5. The highest BCUT2D eigenvalue weighted by molar-refractivity contribution is 7.92. The van der Waals surface area contributed by atoms with E-state index in [9.17, 15) is 8.42 Å². The first kappa shape index (κ1) is 18.5. The van der Waals surface area contributed by atoms with Gasteiger partial charge in [-0.2, -0.15) is 0 Å². The van der Waals surface area contributed by atoms with Crippen LogP contribution < -0.4 is 10.0 Å². The minimum atomic E-state index is -3.66. The maximum atomic E-state index is 12.4. The summed E-state index contributed by atoms with van der Waals surface area (Å²) in [4.78, 5) is 4.40. The Morgan fingerprint density at radius 3 is 2.58 bits per heavy atom. The molecule has 0 atom stereocenters. The molecule has 1 heterocycles. The lowest BCUT2D eigenvalue weighted by atomic mass is 10.2. The summed E-state index contributed by atoms with van der Waals surface area (Å²) in [6.07, 6.45) is 4.93. The predicted molar refractivity (Wildman–Crippen MR) is 99.2 cm³/mol. The van der Waals surface area contributed by atoms with Gasteiger partial charge in [-0.3, -0.25) is 4.72 Å². The minimum Gasteiger partial charge on any atom is -0.370 e. The topological polar surface area (TPSA) is 71.1 Å². The summed E-state index contributed by atoms with van der Waals surface area (Å²) in [5, 5.41) is 3.75. The molecule has 2 N–H and O–H groups in total. The second-order valence-electron chi connectivity index (χ2n) is 5.58. The molecule has 0 radical (unpaired) electrons. The van der Waals surface area contributed by atoms with Crippen LogP contribution >= 0.6 is 11.6 Å². The number of anilines is 2. The van der Waals surface area contributed by atoms with Crippen LogP contribution in [0, 0.1) is 6.92 Å². The smallest absolute Gasteiger partial charge is 0.261 e. The lowest BCUT2D eigenvalue weighted by Crippen LogP contribution is -2.13. The van der Waals surface area contributed by atoms with Crippen LogP contribution in [0.3, 0.4) is 0 Å². The fourth-order valence-electron chi connectivity index (χ4n) is 2.15. The molecule has 1 aromatic carbocycles. The molecule has 2 rings (SSSR count). The molecular weight excluding hydrogens is 346 g/mol. The molecule has 0 bridgehead atoms. The molecular formula is C17H22ClN3O2S. The van der Waals surface area contributed by atoms with Crippen LogP contribution in [0.25, 0.3) is 0 Å². The molecule has 0 fully saturated rings. The fraction of sp³-hybridized carbons (Fsp3) is 0.353. The molecule has 0 aliphatic heterocycles. The average Bonchev–Trinajstić information content (AvgIpc) is 2.55. The first-order valence-electron chi connectivity index (χ1n) is 7.91. The first-order valence-corrected chi connectivity index (χ1v) is 9.77. The normalized spacial score (nSPS) is 11.3. The SMILES string of the molecule is CCCCCNc1ccc(NS(=O)(=O)c2ccc(Cl)c(C)c2)cn1. The summed E-state index contributed by atoms with van der Waals surface area (Å²) in [7, 11) is -3.66. The third kappa shape index (κ3) is 5.11. The van der Waals surface area contributed by atoms with E-state index >= 15 is 0 Å². The largest absolute Gasteiger partial charge is 0.370 e. The van der Waals surface area contributed by atoms with Gasteiger partial charge in [0.25, 0.3) is 10.0 Å². The maximum Gasteiger partial charge on any atom is 0.261 e. The van der Waals surface area contributed by atoms with E-state index in [0.29, 0.717) is 16.3 Å². The number of aromatic nitrogens is 1.